The summed E-state index contributed by atoms with van der Waals surface area (Å²) in [6.45, 7) is 5.69. The third kappa shape index (κ3) is 8.06. The number of rotatable bonds is 11. The Bertz CT molecular complexity index is 646. The van der Waals surface area contributed by atoms with E-state index in [4.69, 9.17) is 10.8 Å². The zero-order valence-corrected chi connectivity index (χ0v) is 16.8. The highest BCUT2D eigenvalue weighted by Gasteiger charge is 2.26. The molecule has 0 heterocycles. The van der Waals surface area contributed by atoms with Gasteiger partial charge in [0.2, 0.25) is 17.7 Å². The molecule has 8 nitrogen and oxygen atoms in total. The van der Waals surface area contributed by atoms with Crippen molar-refractivity contribution in [2.45, 2.75) is 58.7 Å². The van der Waals surface area contributed by atoms with Gasteiger partial charge < -0.3 is 26.8 Å². The SMILES string of the molecule is CC(C)[C@H](NC(=O)CCCCN)C(=O)N[C@@H](C)C(=O)Nc1ccc(CO)cc1. The summed E-state index contributed by atoms with van der Waals surface area (Å²) in [5.74, 6) is -1.11. The maximum Gasteiger partial charge on any atom is 0.246 e. The fourth-order valence-electron chi connectivity index (χ4n) is 2.52. The first-order valence-electron chi connectivity index (χ1n) is 9.59. The normalized spacial score (nSPS) is 12.9. The van der Waals surface area contributed by atoms with Crippen molar-refractivity contribution in [3.05, 3.63) is 29.8 Å². The smallest absolute Gasteiger partial charge is 0.246 e. The van der Waals surface area contributed by atoms with Crippen molar-refractivity contribution >= 4 is 23.4 Å². The molecule has 1 aromatic rings. The van der Waals surface area contributed by atoms with Gasteiger partial charge in [-0.05, 0) is 49.9 Å². The second-order valence-electron chi connectivity index (χ2n) is 7.11. The van der Waals surface area contributed by atoms with Gasteiger partial charge in [0.15, 0.2) is 0 Å². The van der Waals surface area contributed by atoms with Gasteiger partial charge in [0.1, 0.15) is 12.1 Å². The number of nitrogens with one attached hydrogen (secondary N) is 3. The van der Waals surface area contributed by atoms with Crippen LogP contribution in [0.15, 0.2) is 24.3 Å². The molecule has 0 aromatic heterocycles. The van der Waals surface area contributed by atoms with Gasteiger partial charge in [0.05, 0.1) is 6.61 Å². The number of benzene rings is 1. The third-order valence-electron chi connectivity index (χ3n) is 4.28. The number of anilines is 1. The zero-order valence-electron chi connectivity index (χ0n) is 16.8. The first-order valence-corrected chi connectivity index (χ1v) is 9.59. The fourth-order valence-corrected chi connectivity index (χ4v) is 2.52. The van der Waals surface area contributed by atoms with E-state index in [2.05, 4.69) is 16.0 Å². The van der Waals surface area contributed by atoms with E-state index in [-0.39, 0.29) is 24.3 Å². The van der Waals surface area contributed by atoms with E-state index in [1.807, 2.05) is 13.8 Å². The lowest BCUT2D eigenvalue weighted by atomic mass is 10.0. The van der Waals surface area contributed by atoms with E-state index in [0.717, 1.165) is 12.0 Å². The molecule has 1 rings (SSSR count). The van der Waals surface area contributed by atoms with E-state index in [1.165, 1.54) is 0 Å². The van der Waals surface area contributed by atoms with Gasteiger partial charge in [-0.15, -0.1) is 0 Å². The minimum atomic E-state index is -0.777. The molecule has 6 N–H and O–H groups in total. The number of hydrogen-bond donors (Lipinski definition) is 5. The largest absolute Gasteiger partial charge is 0.392 e. The number of nitrogens with two attached hydrogens (primary N) is 1. The summed E-state index contributed by atoms with van der Waals surface area (Å²) in [4.78, 5) is 36.9. The van der Waals surface area contributed by atoms with Crippen molar-refractivity contribution in [1.82, 2.24) is 10.6 Å². The Balaban J connectivity index is 2.59. The van der Waals surface area contributed by atoms with Crippen LogP contribution < -0.4 is 21.7 Å². The number of aliphatic hydroxyl groups is 1. The lowest BCUT2D eigenvalue weighted by molar-refractivity contribution is -0.131. The summed E-state index contributed by atoms with van der Waals surface area (Å²) in [7, 11) is 0. The molecule has 0 aliphatic heterocycles. The number of hydrogen-bond acceptors (Lipinski definition) is 5. The highest BCUT2D eigenvalue weighted by Crippen LogP contribution is 2.10. The molecule has 0 aliphatic rings. The molecule has 0 radical (unpaired) electrons. The maximum absolute atomic E-state index is 12.5. The fraction of sp³-hybridized carbons (Fsp3) is 0.550. The summed E-state index contributed by atoms with van der Waals surface area (Å²) in [5.41, 5.74) is 6.72. The molecule has 28 heavy (non-hydrogen) atoms. The second kappa shape index (κ2) is 12.1. The van der Waals surface area contributed by atoms with Crippen molar-refractivity contribution in [3.63, 3.8) is 0 Å². The summed E-state index contributed by atoms with van der Waals surface area (Å²) in [6, 6.07) is 5.26. The highest BCUT2D eigenvalue weighted by atomic mass is 16.3. The minimum absolute atomic E-state index is 0.0742. The van der Waals surface area contributed by atoms with Gasteiger partial charge >= 0.3 is 0 Å². The van der Waals surface area contributed by atoms with Crippen LogP contribution in [0.4, 0.5) is 5.69 Å². The first-order chi connectivity index (χ1) is 13.3. The Morgan fingerprint density at radius 1 is 1.00 bits per heavy atom. The molecule has 2 atom stereocenters. The molecule has 0 fully saturated rings. The number of carbonyl (C=O) groups excluding carboxylic acids is 3. The van der Waals surface area contributed by atoms with Crippen LogP contribution in [-0.2, 0) is 21.0 Å². The summed E-state index contributed by atoms with van der Waals surface area (Å²) in [6.07, 6.45) is 1.73. The van der Waals surface area contributed by atoms with Crippen LogP contribution in [0.1, 0.15) is 45.6 Å². The predicted molar refractivity (Wildman–Crippen MR) is 108 cm³/mol. The average molecular weight is 393 g/mol. The van der Waals surface area contributed by atoms with Gasteiger partial charge in [-0.2, -0.15) is 0 Å². The molecule has 0 spiro atoms. The Kier molecular flexibility index (Phi) is 10.2. The highest BCUT2D eigenvalue weighted by molar-refractivity contribution is 5.98. The molecule has 8 heteroatoms. The standard InChI is InChI=1S/C20H32N4O4/c1-13(2)18(24-17(26)6-4-5-11-21)20(28)22-14(3)19(27)23-16-9-7-15(12-25)8-10-16/h7-10,13-14,18,25H,4-6,11-12,21H2,1-3H3,(H,22,28)(H,23,27)(H,24,26)/t14-,18-/m0/s1. The third-order valence-corrected chi connectivity index (χ3v) is 4.28. The van der Waals surface area contributed by atoms with Crippen LogP contribution in [0, 0.1) is 5.92 Å². The predicted octanol–water partition coefficient (Wildman–Crippen LogP) is 0.892. The molecule has 0 saturated carbocycles. The molecule has 0 saturated heterocycles. The number of unbranched alkanes of at least 4 members (excludes halogenated alkanes) is 1. The van der Waals surface area contributed by atoms with Crippen LogP contribution in [0.5, 0.6) is 0 Å². The summed E-state index contributed by atoms with van der Waals surface area (Å²) in [5, 5.41) is 17.1. The number of carbonyl (C=O) groups is 3. The second-order valence-corrected chi connectivity index (χ2v) is 7.11. The average Bonchev–Trinajstić information content (AvgIpc) is 2.66. The van der Waals surface area contributed by atoms with Gasteiger partial charge in [0, 0.05) is 12.1 Å². The molecular formula is C20H32N4O4. The Morgan fingerprint density at radius 3 is 2.18 bits per heavy atom. The van der Waals surface area contributed by atoms with Crippen LogP contribution >= 0.6 is 0 Å². The molecule has 0 unspecified atom stereocenters. The van der Waals surface area contributed by atoms with Crippen LogP contribution in [-0.4, -0.2) is 41.5 Å². The molecule has 3 amide bonds. The van der Waals surface area contributed by atoms with E-state index in [1.54, 1.807) is 31.2 Å². The van der Waals surface area contributed by atoms with Gasteiger partial charge in [-0.3, -0.25) is 14.4 Å². The van der Waals surface area contributed by atoms with Crippen LogP contribution in [0.3, 0.4) is 0 Å². The Labute approximate surface area is 166 Å². The summed E-state index contributed by atoms with van der Waals surface area (Å²) < 4.78 is 0. The van der Waals surface area contributed by atoms with Crippen molar-refractivity contribution in [1.29, 1.82) is 0 Å². The van der Waals surface area contributed by atoms with Gasteiger partial charge in [-0.1, -0.05) is 26.0 Å². The van der Waals surface area contributed by atoms with Crippen molar-refractivity contribution in [2.75, 3.05) is 11.9 Å². The monoisotopic (exact) mass is 392 g/mol. The van der Waals surface area contributed by atoms with Gasteiger partial charge in [-0.25, -0.2) is 0 Å². The topological polar surface area (TPSA) is 134 Å². The number of aliphatic hydroxyl groups excluding tert-OH is 1. The van der Waals surface area contributed by atoms with E-state index < -0.39 is 18.0 Å². The van der Waals surface area contributed by atoms with E-state index in [9.17, 15) is 14.4 Å². The van der Waals surface area contributed by atoms with E-state index in [0.29, 0.717) is 25.1 Å². The van der Waals surface area contributed by atoms with Crippen LogP contribution in [0.2, 0.25) is 0 Å². The molecular weight excluding hydrogens is 360 g/mol. The quantitative estimate of drug-likeness (QED) is 0.357. The molecule has 1 aromatic carbocycles. The van der Waals surface area contributed by atoms with Crippen molar-refractivity contribution < 1.29 is 19.5 Å². The number of amides is 3. The first kappa shape index (κ1) is 23.6. The lowest BCUT2D eigenvalue weighted by Gasteiger charge is -2.24. The lowest BCUT2D eigenvalue weighted by Crippen LogP contribution is -2.53. The zero-order chi connectivity index (χ0) is 21.1. The Hall–Kier alpha value is -2.45. The minimum Gasteiger partial charge on any atom is -0.392 e. The van der Waals surface area contributed by atoms with Gasteiger partial charge in [0.25, 0.3) is 0 Å². The summed E-state index contributed by atoms with van der Waals surface area (Å²) >= 11 is 0. The molecule has 156 valence electrons. The van der Waals surface area contributed by atoms with Crippen molar-refractivity contribution in [2.24, 2.45) is 11.7 Å². The Morgan fingerprint density at radius 2 is 1.64 bits per heavy atom. The van der Waals surface area contributed by atoms with Crippen molar-refractivity contribution in [3.8, 4) is 0 Å². The van der Waals surface area contributed by atoms with Crippen LogP contribution in [0.25, 0.3) is 0 Å². The van der Waals surface area contributed by atoms with E-state index >= 15 is 0 Å². The maximum atomic E-state index is 12.5. The molecule has 0 aliphatic carbocycles. The molecule has 0 bridgehead atoms.